The number of nitrogens with zero attached hydrogens (tertiary/aromatic N) is 1. The number of benzene rings is 1. The van der Waals surface area contributed by atoms with E-state index in [1.807, 2.05) is 12.1 Å². The number of halogens is 1. The number of phenols is 1. The fourth-order valence-corrected chi connectivity index (χ4v) is 2.37. The van der Waals surface area contributed by atoms with Crippen LogP contribution < -0.4 is 0 Å². The van der Waals surface area contributed by atoms with Gasteiger partial charge >= 0.3 is 0 Å². The van der Waals surface area contributed by atoms with Gasteiger partial charge in [0.25, 0.3) is 0 Å². The molecule has 1 unspecified atom stereocenters. The molecule has 3 N–H and O–H groups in total. The summed E-state index contributed by atoms with van der Waals surface area (Å²) in [6.07, 6.45) is 1.62. The molecule has 1 saturated heterocycles. The Morgan fingerprint density at radius 3 is 2.32 bits per heavy atom. The number of aliphatic hydroxyl groups is 2. The Hall–Kier alpha value is -0.810. The molecule has 0 radical (unpaired) electrons. The molecule has 1 atom stereocenters. The van der Waals surface area contributed by atoms with Crippen molar-refractivity contribution >= 4 is 12.4 Å². The molecule has 19 heavy (non-hydrogen) atoms. The van der Waals surface area contributed by atoms with Crippen molar-refractivity contribution in [2.24, 2.45) is 0 Å². The second-order valence-electron chi connectivity index (χ2n) is 5.06. The molecule has 1 fully saturated rings. The van der Waals surface area contributed by atoms with E-state index in [9.17, 15) is 15.3 Å². The molecule has 4 nitrogen and oxygen atoms in total. The molecule has 1 aliphatic heterocycles. The van der Waals surface area contributed by atoms with E-state index < -0.39 is 6.10 Å². The molecule has 5 heteroatoms. The maximum absolute atomic E-state index is 10.0. The number of piperidine rings is 1. The van der Waals surface area contributed by atoms with Gasteiger partial charge in [-0.3, -0.25) is 0 Å². The molecule has 1 aromatic carbocycles. The van der Waals surface area contributed by atoms with Crippen molar-refractivity contribution in [1.29, 1.82) is 0 Å². The van der Waals surface area contributed by atoms with Crippen LogP contribution in [0.2, 0.25) is 0 Å². The van der Waals surface area contributed by atoms with E-state index >= 15 is 0 Å². The quantitative estimate of drug-likeness (QED) is 0.778. The fourth-order valence-electron chi connectivity index (χ4n) is 2.37. The SMILES string of the molecule is Cl.Oc1ccc(CC(O)CN2CCC(O)CC2)cc1. The Labute approximate surface area is 120 Å². The summed E-state index contributed by atoms with van der Waals surface area (Å²) in [5.74, 6) is 0.248. The summed E-state index contributed by atoms with van der Waals surface area (Å²) in [5, 5.41) is 28.6. The molecule has 0 bridgehead atoms. The Bertz CT molecular complexity index is 363. The summed E-state index contributed by atoms with van der Waals surface area (Å²) in [5.41, 5.74) is 1.03. The van der Waals surface area contributed by atoms with Crippen molar-refractivity contribution in [2.45, 2.75) is 31.5 Å². The summed E-state index contributed by atoms with van der Waals surface area (Å²) in [6, 6.07) is 6.94. The van der Waals surface area contributed by atoms with E-state index in [0.717, 1.165) is 31.5 Å². The monoisotopic (exact) mass is 287 g/mol. The van der Waals surface area contributed by atoms with Crippen LogP contribution in [0.3, 0.4) is 0 Å². The second-order valence-corrected chi connectivity index (χ2v) is 5.06. The van der Waals surface area contributed by atoms with Gasteiger partial charge in [-0.25, -0.2) is 0 Å². The average molecular weight is 288 g/mol. The highest BCUT2D eigenvalue weighted by Crippen LogP contribution is 2.14. The molecule has 0 spiro atoms. The first-order valence-electron chi connectivity index (χ1n) is 6.50. The van der Waals surface area contributed by atoms with Crippen molar-refractivity contribution in [3.63, 3.8) is 0 Å². The van der Waals surface area contributed by atoms with Crippen LogP contribution in [-0.4, -0.2) is 52.1 Å². The van der Waals surface area contributed by atoms with E-state index in [4.69, 9.17) is 0 Å². The Kier molecular flexibility index (Phi) is 6.58. The lowest BCUT2D eigenvalue weighted by Crippen LogP contribution is -2.40. The van der Waals surface area contributed by atoms with E-state index in [-0.39, 0.29) is 24.3 Å². The molecular formula is C14H22ClNO3. The molecule has 2 rings (SSSR count). The number of phenolic OH excluding ortho intramolecular Hbond substituents is 1. The fraction of sp³-hybridized carbons (Fsp3) is 0.571. The van der Waals surface area contributed by atoms with Gasteiger partial charge in [-0.15, -0.1) is 12.4 Å². The van der Waals surface area contributed by atoms with Gasteiger partial charge < -0.3 is 20.2 Å². The summed E-state index contributed by atoms with van der Waals surface area (Å²) >= 11 is 0. The first kappa shape index (κ1) is 16.2. The first-order valence-corrected chi connectivity index (χ1v) is 6.50. The molecule has 0 aliphatic carbocycles. The standard InChI is InChI=1S/C14H21NO3.ClH/c16-12-3-1-11(2-4-12)9-14(18)10-15-7-5-13(17)6-8-15;/h1-4,13-14,16-18H,5-10H2;1H. The number of β-amino-alcohol motifs (C(OH)–C–C–N with tert-alkyl or cyclic N) is 1. The zero-order valence-corrected chi connectivity index (χ0v) is 11.7. The first-order chi connectivity index (χ1) is 8.63. The second kappa shape index (κ2) is 7.70. The van der Waals surface area contributed by atoms with Crippen LogP contribution in [0.5, 0.6) is 5.75 Å². The van der Waals surface area contributed by atoms with Crippen LogP contribution in [0, 0.1) is 0 Å². The third kappa shape index (κ3) is 5.37. The molecule has 1 heterocycles. The van der Waals surface area contributed by atoms with E-state index in [1.165, 1.54) is 0 Å². The number of aliphatic hydroxyl groups excluding tert-OH is 2. The predicted octanol–water partition coefficient (Wildman–Crippen LogP) is 1.17. The summed E-state index contributed by atoms with van der Waals surface area (Å²) in [6.45, 7) is 2.36. The number of hydrogen-bond donors (Lipinski definition) is 3. The lowest BCUT2D eigenvalue weighted by molar-refractivity contribution is 0.0512. The minimum absolute atomic E-state index is 0. The van der Waals surface area contributed by atoms with E-state index in [1.54, 1.807) is 12.1 Å². The van der Waals surface area contributed by atoms with Crippen molar-refractivity contribution < 1.29 is 15.3 Å². The topological polar surface area (TPSA) is 63.9 Å². The van der Waals surface area contributed by atoms with Gasteiger partial charge in [-0.05, 0) is 37.0 Å². The molecule has 0 aromatic heterocycles. The summed E-state index contributed by atoms with van der Waals surface area (Å²) in [4.78, 5) is 2.19. The van der Waals surface area contributed by atoms with Gasteiger partial charge in [0.1, 0.15) is 5.75 Å². The molecular weight excluding hydrogens is 266 g/mol. The largest absolute Gasteiger partial charge is 0.508 e. The van der Waals surface area contributed by atoms with Crippen LogP contribution >= 0.6 is 12.4 Å². The van der Waals surface area contributed by atoms with Crippen LogP contribution in [0.25, 0.3) is 0 Å². The maximum Gasteiger partial charge on any atom is 0.115 e. The van der Waals surface area contributed by atoms with Crippen molar-refractivity contribution in [3.8, 4) is 5.75 Å². The third-order valence-electron chi connectivity index (χ3n) is 3.43. The summed E-state index contributed by atoms with van der Waals surface area (Å²) < 4.78 is 0. The van der Waals surface area contributed by atoms with Gasteiger partial charge in [-0.2, -0.15) is 0 Å². The highest BCUT2D eigenvalue weighted by molar-refractivity contribution is 5.85. The van der Waals surface area contributed by atoms with Gasteiger partial charge in [0.2, 0.25) is 0 Å². The van der Waals surface area contributed by atoms with Crippen molar-refractivity contribution in [1.82, 2.24) is 4.90 Å². The number of rotatable bonds is 4. The highest BCUT2D eigenvalue weighted by atomic mass is 35.5. The lowest BCUT2D eigenvalue weighted by atomic mass is 10.0. The minimum Gasteiger partial charge on any atom is -0.508 e. The molecule has 1 aliphatic rings. The predicted molar refractivity (Wildman–Crippen MR) is 76.7 cm³/mol. The molecule has 1 aromatic rings. The highest BCUT2D eigenvalue weighted by Gasteiger charge is 2.19. The van der Waals surface area contributed by atoms with E-state index in [0.29, 0.717) is 13.0 Å². The van der Waals surface area contributed by atoms with Crippen LogP contribution in [0.1, 0.15) is 18.4 Å². The van der Waals surface area contributed by atoms with Crippen molar-refractivity contribution in [3.05, 3.63) is 29.8 Å². The number of likely N-dealkylation sites (tertiary alicyclic amines) is 1. The van der Waals surface area contributed by atoms with Crippen LogP contribution in [-0.2, 0) is 6.42 Å². The molecule has 0 amide bonds. The third-order valence-corrected chi connectivity index (χ3v) is 3.43. The van der Waals surface area contributed by atoms with Gasteiger partial charge in [0.05, 0.1) is 12.2 Å². The van der Waals surface area contributed by atoms with Gasteiger partial charge in [-0.1, -0.05) is 12.1 Å². The Morgan fingerprint density at radius 1 is 1.16 bits per heavy atom. The Balaban J connectivity index is 0.00000180. The maximum atomic E-state index is 10.0. The van der Waals surface area contributed by atoms with E-state index in [2.05, 4.69) is 4.90 Å². The number of hydrogen-bond acceptors (Lipinski definition) is 4. The molecule has 108 valence electrons. The van der Waals surface area contributed by atoms with Gasteiger partial charge in [0.15, 0.2) is 0 Å². The zero-order valence-electron chi connectivity index (χ0n) is 10.9. The van der Waals surface area contributed by atoms with Crippen LogP contribution in [0.15, 0.2) is 24.3 Å². The minimum atomic E-state index is -0.398. The van der Waals surface area contributed by atoms with Gasteiger partial charge in [0, 0.05) is 19.6 Å². The van der Waals surface area contributed by atoms with Crippen LogP contribution in [0.4, 0.5) is 0 Å². The molecule has 0 saturated carbocycles. The lowest BCUT2D eigenvalue weighted by Gasteiger charge is -2.31. The number of aromatic hydroxyl groups is 1. The average Bonchev–Trinajstić information content (AvgIpc) is 2.35. The smallest absolute Gasteiger partial charge is 0.115 e. The normalized spacial score (nSPS) is 18.8. The zero-order chi connectivity index (χ0) is 13.0. The Morgan fingerprint density at radius 2 is 1.74 bits per heavy atom. The van der Waals surface area contributed by atoms with Crippen molar-refractivity contribution in [2.75, 3.05) is 19.6 Å². The summed E-state index contributed by atoms with van der Waals surface area (Å²) in [7, 11) is 0.